The zero-order valence-corrected chi connectivity index (χ0v) is 12.9. The molecule has 0 unspecified atom stereocenters. The maximum absolute atomic E-state index is 11.1. The van der Waals surface area contributed by atoms with Crippen molar-refractivity contribution in [2.45, 2.75) is 19.8 Å². The number of carboxylic acids is 1. The van der Waals surface area contributed by atoms with Gasteiger partial charge in [-0.1, -0.05) is 31.9 Å². The summed E-state index contributed by atoms with van der Waals surface area (Å²) in [6.07, 6.45) is 1.44. The third kappa shape index (κ3) is 3.81. The Bertz CT molecular complexity index is 471. The zero-order valence-electron chi connectivity index (χ0n) is 9.70. The number of carbonyl (C=O) groups excluding carboxylic acids is 1. The molecule has 6 heteroatoms. The first-order chi connectivity index (χ1) is 8.47. The fourth-order valence-electron chi connectivity index (χ4n) is 1.51. The molecule has 0 aliphatic carbocycles. The molecular formula is C12H12Br2O4. The molecule has 4 nitrogen and oxygen atoms in total. The molecule has 0 saturated carbocycles. The van der Waals surface area contributed by atoms with Crippen LogP contribution in [-0.4, -0.2) is 22.4 Å². The number of alkyl halides is 1. The second kappa shape index (κ2) is 6.89. The van der Waals surface area contributed by atoms with Crippen LogP contribution in [0.3, 0.4) is 0 Å². The van der Waals surface area contributed by atoms with Gasteiger partial charge in [0.15, 0.2) is 0 Å². The van der Waals surface area contributed by atoms with Gasteiger partial charge in [0.25, 0.3) is 0 Å². The van der Waals surface area contributed by atoms with Crippen LogP contribution < -0.4 is 4.74 Å². The Balaban J connectivity index is 3.29. The van der Waals surface area contributed by atoms with Crippen molar-refractivity contribution in [2.24, 2.45) is 0 Å². The van der Waals surface area contributed by atoms with E-state index in [0.29, 0.717) is 12.0 Å². The van der Waals surface area contributed by atoms with Gasteiger partial charge in [0.05, 0.1) is 0 Å². The number of ether oxygens (including phenoxy) is 1. The van der Waals surface area contributed by atoms with Crippen LogP contribution in [-0.2, 0) is 11.2 Å². The van der Waals surface area contributed by atoms with Crippen LogP contribution in [0.15, 0.2) is 16.6 Å². The maximum atomic E-state index is 11.1. The summed E-state index contributed by atoms with van der Waals surface area (Å²) in [7, 11) is 0. The van der Waals surface area contributed by atoms with Gasteiger partial charge in [0.2, 0.25) is 0 Å². The van der Waals surface area contributed by atoms with Gasteiger partial charge in [-0.25, -0.2) is 4.79 Å². The van der Waals surface area contributed by atoms with Gasteiger partial charge >= 0.3 is 11.9 Å². The Morgan fingerprint density at radius 1 is 1.39 bits per heavy atom. The van der Waals surface area contributed by atoms with Gasteiger partial charge in [0.1, 0.15) is 11.3 Å². The number of halogens is 2. The van der Waals surface area contributed by atoms with Crippen LogP contribution >= 0.6 is 31.9 Å². The predicted molar refractivity (Wildman–Crippen MR) is 74.5 cm³/mol. The Labute approximate surface area is 122 Å². The topological polar surface area (TPSA) is 63.6 Å². The molecule has 0 heterocycles. The van der Waals surface area contributed by atoms with Crippen molar-refractivity contribution in [3.8, 4) is 5.75 Å². The van der Waals surface area contributed by atoms with E-state index in [1.807, 2.05) is 0 Å². The molecule has 1 rings (SSSR count). The number of hydrogen-bond donors (Lipinski definition) is 1. The van der Waals surface area contributed by atoms with E-state index in [-0.39, 0.29) is 11.3 Å². The van der Waals surface area contributed by atoms with Crippen molar-refractivity contribution in [1.82, 2.24) is 0 Å². The van der Waals surface area contributed by atoms with Gasteiger partial charge < -0.3 is 9.84 Å². The molecule has 0 saturated heterocycles. The van der Waals surface area contributed by atoms with Crippen LogP contribution in [0.4, 0.5) is 0 Å². The highest BCUT2D eigenvalue weighted by Crippen LogP contribution is 2.32. The molecular weight excluding hydrogens is 368 g/mol. The SMILES string of the molecule is CC(=O)Oc1c(C(=O)O)ccc(Br)c1CCCBr. The van der Waals surface area contributed by atoms with Gasteiger partial charge in [-0.2, -0.15) is 0 Å². The van der Waals surface area contributed by atoms with E-state index < -0.39 is 11.9 Å². The second-order valence-electron chi connectivity index (χ2n) is 3.59. The lowest BCUT2D eigenvalue weighted by atomic mass is 10.0. The average Bonchev–Trinajstić information content (AvgIpc) is 2.27. The lowest BCUT2D eigenvalue weighted by Gasteiger charge is -2.13. The van der Waals surface area contributed by atoms with Crippen molar-refractivity contribution in [2.75, 3.05) is 5.33 Å². The van der Waals surface area contributed by atoms with Crippen molar-refractivity contribution in [3.05, 3.63) is 27.7 Å². The molecule has 0 aromatic heterocycles. The van der Waals surface area contributed by atoms with Gasteiger partial charge in [0, 0.05) is 22.3 Å². The highest BCUT2D eigenvalue weighted by molar-refractivity contribution is 9.10. The number of carbonyl (C=O) groups is 2. The quantitative estimate of drug-likeness (QED) is 0.483. The first kappa shape index (κ1) is 15.2. The standard InChI is InChI=1S/C12H12Br2O4/c1-7(15)18-11-8(3-2-6-13)10(14)5-4-9(11)12(16)17/h4-5H,2-3,6H2,1H3,(H,16,17). The Morgan fingerprint density at radius 2 is 2.06 bits per heavy atom. The Kier molecular flexibility index (Phi) is 5.81. The summed E-state index contributed by atoms with van der Waals surface area (Å²) in [6, 6.07) is 3.07. The fourth-order valence-corrected chi connectivity index (χ4v) is 2.30. The van der Waals surface area contributed by atoms with Gasteiger partial charge in [-0.05, 0) is 25.0 Å². The molecule has 0 spiro atoms. The molecule has 98 valence electrons. The number of carboxylic acid groups (broad SMARTS) is 1. The highest BCUT2D eigenvalue weighted by atomic mass is 79.9. The van der Waals surface area contributed by atoms with Gasteiger partial charge in [-0.3, -0.25) is 4.79 Å². The summed E-state index contributed by atoms with van der Waals surface area (Å²) in [4.78, 5) is 22.2. The van der Waals surface area contributed by atoms with E-state index in [2.05, 4.69) is 31.9 Å². The monoisotopic (exact) mass is 378 g/mol. The minimum Gasteiger partial charge on any atom is -0.478 e. The highest BCUT2D eigenvalue weighted by Gasteiger charge is 2.19. The summed E-state index contributed by atoms with van der Waals surface area (Å²) >= 11 is 6.67. The number of aromatic carboxylic acids is 1. The first-order valence-corrected chi connectivity index (χ1v) is 7.18. The van der Waals surface area contributed by atoms with Crippen molar-refractivity contribution in [3.63, 3.8) is 0 Å². The van der Waals surface area contributed by atoms with E-state index in [0.717, 1.165) is 16.2 Å². The van der Waals surface area contributed by atoms with Crippen LogP contribution in [0.25, 0.3) is 0 Å². The number of esters is 1. The summed E-state index contributed by atoms with van der Waals surface area (Å²) in [5.74, 6) is -1.51. The zero-order chi connectivity index (χ0) is 13.7. The lowest BCUT2D eigenvalue weighted by Crippen LogP contribution is -2.10. The number of hydrogen-bond acceptors (Lipinski definition) is 3. The van der Waals surface area contributed by atoms with Gasteiger partial charge in [-0.15, -0.1) is 0 Å². The van der Waals surface area contributed by atoms with Crippen LogP contribution in [0.1, 0.15) is 29.3 Å². The molecule has 0 fully saturated rings. The molecule has 0 amide bonds. The Hall–Kier alpha value is -0.880. The smallest absolute Gasteiger partial charge is 0.339 e. The number of rotatable bonds is 5. The summed E-state index contributed by atoms with van der Waals surface area (Å²) < 4.78 is 5.79. The van der Waals surface area contributed by atoms with E-state index in [1.165, 1.54) is 13.0 Å². The molecule has 1 aromatic rings. The van der Waals surface area contributed by atoms with Crippen molar-refractivity contribution >= 4 is 43.8 Å². The molecule has 18 heavy (non-hydrogen) atoms. The summed E-state index contributed by atoms with van der Waals surface area (Å²) in [5, 5.41) is 9.89. The van der Waals surface area contributed by atoms with Crippen LogP contribution in [0.5, 0.6) is 5.75 Å². The minimum absolute atomic E-state index is 0.00188. The Morgan fingerprint density at radius 3 is 2.56 bits per heavy atom. The molecule has 0 aliphatic rings. The molecule has 1 N–H and O–H groups in total. The van der Waals surface area contributed by atoms with Crippen molar-refractivity contribution < 1.29 is 19.4 Å². The van der Waals surface area contributed by atoms with Crippen LogP contribution in [0.2, 0.25) is 0 Å². The number of benzene rings is 1. The van der Waals surface area contributed by atoms with E-state index in [9.17, 15) is 9.59 Å². The third-order valence-corrected chi connectivity index (χ3v) is 3.54. The fraction of sp³-hybridized carbons (Fsp3) is 0.333. The van der Waals surface area contributed by atoms with E-state index >= 15 is 0 Å². The minimum atomic E-state index is -1.11. The average molecular weight is 380 g/mol. The molecule has 0 radical (unpaired) electrons. The summed E-state index contributed by atoms with van der Waals surface area (Å²) in [5.41, 5.74) is 0.697. The molecule has 1 aromatic carbocycles. The third-order valence-electron chi connectivity index (χ3n) is 2.24. The maximum Gasteiger partial charge on any atom is 0.339 e. The largest absolute Gasteiger partial charge is 0.478 e. The first-order valence-electron chi connectivity index (χ1n) is 5.26. The van der Waals surface area contributed by atoms with Crippen LogP contribution in [0, 0.1) is 0 Å². The summed E-state index contributed by atoms with van der Waals surface area (Å²) in [6.45, 7) is 1.25. The van der Waals surface area contributed by atoms with E-state index in [4.69, 9.17) is 9.84 Å². The second-order valence-corrected chi connectivity index (χ2v) is 5.24. The van der Waals surface area contributed by atoms with E-state index in [1.54, 1.807) is 6.07 Å². The molecule has 0 aliphatic heterocycles. The molecule has 0 bridgehead atoms. The van der Waals surface area contributed by atoms with Crippen molar-refractivity contribution in [1.29, 1.82) is 0 Å². The predicted octanol–water partition coefficient (Wildman–Crippen LogP) is 3.40. The normalized spacial score (nSPS) is 10.2. The lowest BCUT2D eigenvalue weighted by molar-refractivity contribution is -0.131. The molecule has 0 atom stereocenters.